The van der Waals surface area contributed by atoms with Crippen LogP contribution < -0.4 is 5.32 Å². The number of unbranched alkanes of at least 4 members (excludes halogenated alkanes) is 1. The van der Waals surface area contributed by atoms with Gasteiger partial charge in [0.2, 0.25) is 0 Å². The van der Waals surface area contributed by atoms with Gasteiger partial charge in [0.15, 0.2) is 11.8 Å². The van der Waals surface area contributed by atoms with Crippen molar-refractivity contribution in [1.82, 2.24) is 25.0 Å². The van der Waals surface area contributed by atoms with E-state index in [1.54, 1.807) is 24.1 Å². The number of rotatable bonds is 7. The summed E-state index contributed by atoms with van der Waals surface area (Å²) in [5.74, 6) is 1.69. The van der Waals surface area contributed by atoms with Crippen LogP contribution in [-0.4, -0.2) is 46.3 Å². The van der Waals surface area contributed by atoms with Crippen LogP contribution >= 0.6 is 0 Å². The highest BCUT2D eigenvalue weighted by Gasteiger charge is 2.06. The Morgan fingerprint density at radius 3 is 3.04 bits per heavy atom. The molecule has 2 aromatic rings. The van der Waals surface area contributed by atoms with Crippen LogP contribution in [-0.2, 0) is 6.54 Å². The average molecular weight is 312 g/mol. The molecule has 0 aromatic carbocycles. The molecule has 1 N–H and O–H groups in total. The number of guanidine groups is 1. The summed E-state index contributed by atoms with van der Waals surface area (Å²) in [4.78, 5) is 10.8. The highest BCUT2D eigenvalue weighted by molar-refractivity contribution is 5.79. The maximum atomic E-state index is 4.34. The molecule has 0 aliphatic carbocycles. The van der Waals surface area contributed by atoms with Gasteiger partial charge in [-0.2, -0.15) is 5.10 Å². The van der Waals surface area contributed by atoms with Crippen molar-refractivity contribution in [3.05, 3.63) is 55.0 Å². The van der Waals surface area contributed by atoms with E-state index in [1.165, 1.54) is 0 Å². The Morgan fingerprint density at radius 2 is 2.35 bits per heavy atom. The third kappa shape index (κ3) is 4.95. The number of hydrogen-bond acceptors (Lipinski definition) is 3. The number of allylic oxidation sites excluding steroid dienone is 1. The maximum Gasteiger partial charge on any atom is 0.193 e. The van der Waals surface area contributed by atoms with Gasteiger partial charge in [-0.1, -0.05) is 6.08 Å². The van der Waals surface area contributed by atoms with Crippen LogP contribution in [0.15, 0.2) is 54.4 Å². The summed E-state index contributed by atoms with van der Waals surface area (Å²) in [6, 6.07) is 5.89. The molecule has 6 nitrogen and oxygen atoms in total. The van der Waals surface area contributed by atoms with Gasteiger partial charge in [-0.15, -0.1) is 6.58 Å². The number of aromatic nitrogens is 3. The SMILES string of the molecule is C=CCCCN(C)C(=NC)NCc1ccnc(-n2cccn2)c1. The summed E-state index contributed by atoms with van der Waals surface area (Å²) in [7, 11) is 3.84. The third-order valence-corrected chi connectivity index (χ3v) is 3.47. The standard InChI is InChI=1S/C17H24N6/c1-4-5-6-11-22(3)17(18-2)20-14-15-8-10-19-16(13-15)23-12-7-9-21-23/h4,7-10,12-13H,1,5-6,11,14H2,2-3H3,(H,18,20). The van der Waals surface area contributed by atoms with Gasteiger partial charge in [-0.05, 0) is 36.6 Å². The second-order valence-electron chi connectivity index (χ2n) is 5.23. The van der Waals surface area contributed by atoms with Crippen molar-refractivity contribution in [2.45, 2.75) is 19.4 Å². The first-order valence-corrected chi connectivity index (χ1v) is 7.72. The molecule has 0 unspecified atom stereocenters. The zero-order chi connectivity index (χ0) is 16.5. The van der Waals surface area contributed by atoms with Crippen LogP contribution in [0.4, 0.5) is 0 Å². The van der Waals surface area contributed by atoms with Crippen LogP contribution in [0.25, 0.3) is 5.82 Å². The predicted octanol–water partition coefficient (Wildman–Crippen LogP) is 2.24. The molecule has 0 aliphatic heterocycles. The van der Waals surface area contributed by atoms with Crippen molar-refractivity contribution in [2.75, 3.05) is 20.6 Å². The van der Waals surface area contributed by atoms with Gasteiger partial charge < -0.3 is 10.2 Å². The molecule has 0 aliphatic rings. The molecule has 2 rings (SSSR count). The van der Waals surface area contributed by atoms with Crippen molar-refractivity contribution in [3.8, 4) is 5.82 Å². The van der Waals surface area contributed by atoms with Crippen LogP contribution in [0.2, 0.25) is 0 Å². The van der Waals surface area contributed by atoms with Gasteiger partial charge in [0.25, 0.3) is 0 Å². The first-order chi connectivity index (χ1) is 11.2. The topological polar surface area (TPSA) is 58.3 Å². The average Bonchev–Trinajstić information content (AvgIpc) is 3.10. The number of aliphatic imine (C=N–C) groups is 1. The minimum absolute atomic E-state index is 0.690. The molecule has 0 saturated carbocycles. The van der Waals surface area contributed by atoms with Crippen LogP contribution in [0.5, 0.6) is 0 Å². The van der Waals surface area contributed by atoms with Crippen molar-refractivity contribution >= 4 is 5.96 Å². The van der Waals surface area contributed by atoms with Gasteiger partial charge in [0.1, 0.15) is 0 Å². The molecule has 0 atom stereocenters. The van der Waals surface area contributed by atoms with Gasteiger partial charge in [-0.3, -0.25) is 4.99 Å². The number of hydrogen-bond donors (Lipinski definition) is 1. The molecule has 0 saturated heterocycles. The van der Waals surface area contributed by atoms with E-state index in [-0.39, 0.29) is 0 Å². The summed E-state index contributed by atoms with van der Waals surface area (Å²) in [6.45, 7) is 5.39. The number of nitrogens with one attached hydrogen (secondary N) is 1. The van der Waals surface area contributed by atoms with Gasteiger partial charge >= 0.3 is 0 Å². The molecular weight excluding hydrogens is 288 g/mol. The molecular formula is C17H24N6. The zero-order valence-electron chi connectivity index (χ0n) is 13.8. The Kier molecular flexibility index (Phi) is 6.35. The van der Waals surface area contributed by atoms with E-state index in [0.717, 1.165) is 36.7 Å². The molecule has 0 spiro atoms. The Hall–Kier alpha value is -2.63. The largest absolute Gasteiger partial charge is 0.352 e. The second-order valence-corrected chi connectivity index (χ2v) is 5.23. The first kappa shape index (κ1) is 16.7. The lowest BCUT2D eigenvalue weighted by molar-refractivity contribution is 0.470. The van der Waals surface area contributed by atoms with E-state index in [4.69, 9.17) is 0 Å². The fourth-order valence-electron chi connectivity index (χ4n) is 2.24. The molecule has 0 amide bonds. The molecule has 122 valence electrons. The Morgan fingerprint density at radius 1 is 1.48 bits per heavy atom. The third-order valence-electron chi connectivity index (χ3n) is 3.47. The molecule has 6 heteroatoms. The summed E-state index contributed by atoms with van der Waals surface area (Å²) in [5, 5.41) is 7.58. The molecule has 0 radical (unpaired) electrons. The molecule has 2 aromatic heterocycles. The van der Waals surface area contributed by atoms with Crippen molar-refractivity contribution in [2.24, 2.45) is 4.99 Å². The van der Waals surface area contributed by atoms with Crippen molar-refractivity contribution in [1.29, 1.82) is 0 Å². The Bertz CT molecular complexity index is 632. The molecule has 23 heavy (non-hydrogen) atoms. The van der Waals surface area contributed by atoms with Crippen molar-refractivity contribution < 1.29 is 0 Å². The minimum atomic E-state index is 0.690. The number of nitrogens with zero attached hydrogens (tertiary/aromatic N) is 5. The van der Waals surface area contributed by atoms with E-state index in [9.17, 15) is 0 Å². The predicted molar refractivity (Wildman–Crippen MR) is 93.6 cm³/mol. The fraction of sp³-hybridized carbons (Fsp3) is 0.353. The monoisotopic (exact) mass is 312 g/mol. The molecule has 2 heterocycles. The summed E-state index contributed by atoms with van der Waals surface area (Å²) >= 11 is 0. The van der Waals surface area contributed by atoms with Crippen LogP contribution in [0, 0.1) is 0 Å². The smallest absolute Gasteiger partial charge is 0.193 e. The highest BCUT2D eigenvalue weighted by Crippen LogP contribution is 2.06. The maximum absolute atomic E-state index is 4.34. The van der Waals surface area contributed by atoms with Crippen molar-refractivity contribution in [3.63, 3.8) is 0 Å². The molecule has 0 bridgehead atoms. The van der Waals surface area contributed by atoms with E-state index >= 15 is 0 Å². The Labute approximate surface area is 137 Å². The van der Waals surface area contributed by atoms with E-state index in [0.29, 0.717) is 6.54 Å². The van der Waals surface area contributed by atoms with E-state index < -0.39 is 0 Å². The lowest BCUT2D eigenvalue weighted by Crippen LogP contribution is -2.39. The quantitative estimate of drug-likeness (QED) is 0.369. The lowest BCUT2D eigenvalue weighted by atomic mass is 10.2. The normalized spacial score (nSPS) is 11.3. The number of pyridine rings is 1. The summed E-state index contributed by atoms with van der Waals surface area (Å²) in [6.07, 6.45) is 9.44. The van der Waals surface area contributed by atoms with E-state index in [2.05, 4.69) is 31.9 Å². The first-order valence-electron chi connectivity index (χ1n) is 7.72. The van der Waals surface area contributed by atoms with Gasteiger partial charge in [-0.25, -0.2) is 9.67 Å². The van der Waals surface area contributed by atoms with Crippen LogP contribution in [0.3, 0.4) is 0 Å². The second kappa shape index (κ2) is 8.73. The molecule has 0 fully saturated rings. The Balaban J connectivity index is 1.94. The summed E-state index contributed by atoms with van der Waals surface area (Å²) in [5.41, 5.74) is 1.13. The fourth-order valence-corrected chi connectivity index (χ4v) is 2.24. The zero-order valence-corrected chi connectivity index (χ0v) is 13.8. The van der Waals surface area contributed by atoms with Gasteiger partial charge in [0.05, 0.1) is 0 Å². The van der Waals surface area contributed by atoms with Gasteiger partial charge in [0, 0.05) is 45.8 Å². The van der Waals surface area contributed by atoms with E-state index in [1.807, 2.05) is 37.5 Å². The highest BCUT2D eigenvalue weighted by atomic mass is 15.3. The summed E-state index contributed by atoms with van der Waals surface area (Å²) < 4.78 is 1.75. The van der Waals surface area contributed by atoms with Crippen LogP contribution in [0.1, 0.15) is 18.4 Å². The minimum Gasteiger partial charge on any atom is -0.352 e. The lowest BCUT2D eigenvalue weighted by Gasteiger charge is -2.22.